The Bertz CT molecular complexity index is 1110. The second kappa shape index (κ2) is 11.8. The zero-order valence-electron chi connectivity index (χ0n) is 18.8. The molecule has 2 N–H and O–H groups in total. The standard InChI is InChI=1S/C18H21ClN4O.C6H4ClNO2/c1-22(2)16-9-10-23(12-16)15-6-4-14(5-7-15)21-18(24)13-3-8-17(19)20-11-13;7-5-2-1-4(3-8-5)6(9)10/h3-8,11,16H,9-10,12H2,1-2H3,(H,21,24);1-3H,(H,9,10). The van der Waals surface area contributed by atoms with E-state index in [9.17, 15) is 9.59 Å². The average molecular weight is 502 g/mol. The number of carbonyl (C=O) groups is 2. The van der Waals surface area contributed by atoms with Crippen molar-refractivity contribution in [3.05, 3.63) is 82.4 Å². The van der Waals surface area contributed by atoms with Crippen LogP contribution in [0.3, 0.4) is 0 Å². The number of likely N-dealkylation sites (N-methyl/N-ethyl adjacent to an activating group) is 1. The van der Waals surface area contributed by atoms with Crippen LogP contribution in [0.2, 0.25) is 10.3 Å². The van der Waals surface area contributed by atoms with Gasteiger partial charge in [0.15, 0.2) is 0 Å². The van der Waals surface area contributed by atoms with Gasteiger partial charge in [0.05, 0.1) is 11.1 Å². The first kappa shape index (κ1) is 25.4. The Hall–Kier alpha value is -3.20. The number of carboxylic acids is 1. The van der Waals surface area contributed by atoms with E-state index in [4.69, 9.17) is 28.3 Å². The molecule has 0 radical (unpaired) electrons. The molecule has 1 aromatic carbocycles. The monoisotopic (exact) mass is 501 g/mol. The van der Waals surface area contributed by atoms with E-state index in [0.717, 1.165) is 18.8 Å². The van der Waals surface area contributed by atoms with E-state index < -0.39 is 5.97 Å². The Labute approximate surface area is 208 Å². The molecule has 4 rings (SSSR count). The molecule has 0 bridgehead atoms. The molecule has 10 heteroatoms. The molecule has 1 aliphatic heterocycles. The van der Waals surface area contributed by atoms with E-state index in [1.165, 1.54) is 36.6 Å². The summed E-state index contributed by atoms with van der Waals surface area (Å²) in [5.41, 5.74) is 2.58. The number of anilines is 2. The zero-order valence-corrected chi connectivity index (χ0v) is 20.3. The molecule has 3 aromatic rings. The van der Waals surface area contributed by atoms with Gasteiger partial charge in [0.25, 0.3) is 5.91 Å². The number of pyridine rings is 2. The van der Waals surface area contributed by atoms with E-state index in [0.29, 0.717) is 21.9 Å². The van der Waals surface area contributed by atoms with Gasteiger partial charge in [-0.25, -0.2) is 14.8 Å². The highest BCUT2D eigenvalue weighted by Gasteiger charge is 2.23. The first-order valence-corrected chi connectivity index (χ1v) is 11.3. The van der Waals surface area contributed by atoms with Gasteiger partial charge in [-0.1, -0.05) is 23.2 Å². The maximum Gasteiger partial charge on any atom is 0.337 e. The first-order chi connectivity index (χ1) is 16.2. The van der Waals surface area contributed by atoms with E-state index in [1.807, 2.05) is 24.3 Å². The second-order valence-corrected chi connectivity index (χ2v) is 8.67. The summed E-state index contributed by atoms with van der Waals surface area (Å²) in [5.74, 6) is -1.19. The minimum Gasteiger partial charge on any atom is -0.478 e. The molecule has 3 heterocycles. The molecule has 1 aliphatic rings. The van der Waals surface area contributed by atoms with E-state index in [2.05, 4.69) is 39.2 Å². The van der Waals surface area contributed by atoms with E-state index in [-0.39, 0.29) is 11.5 Å². The van der Waals surface area contributed by atoms with Crippen LogP contribution in [0.15, 0.2) is 60.9 Å². The maximum atomic E-state index is 12.2. The SMILES string of the molecule is CN(C)C1CCN(c2ccc(NC(=O)c3ccc(Cl)nc3)cc2)C1.O=C(O)c1ccc(Cl)nc1. The fourth-order valence-corrected chi connectivity index (χ4v) is 3.59. The van der Waals surface area contributed by atoms with Crippen LogP contribution >= 0.6 is 23.2 Å². The van der Waals surface area contributed by atoms with Crippen molar-refractivity contribution in [1.82, 2.24) is 14.9 Å². The summed E-state index contributed by atoms with van der Waals surface area (Å²) in [4.78, 5) is 34.6. The summed E-state index contributed by atoms with van der Waals surface area (Å²) in [7, 11) is 4.25. The van der Waals surface area contributed by atoms with Crippen molar-refractivity contribution in [2.24, 2.45) is 0 Å². The van der Waals surface area contributed by atoms with Gasteiger partial charge >= 0.3 is 5.97 Å². The van der Waals surface area contributed by atoms with Crippen molar-refractivity contribution in [2.45, 2.75) is 12.5 Å². The molecule has 178 valence electrons. The summed E-state index contributed by atoms with van der Waals surface area (Å²) < 4.78 is 0. The van der Waals surface area contributed by atoms with Crippen LogP contribution in [0.1, 0.15) is 27.1 Å². The van der Waals surface area contributed by atoms with Gasteiger partial charge in [-0.15, -0.1) is 0 Å². The van der Waals surface area contributed by atoms with Crippen molar-refractivity contribution in [1.29, 1.82) is 0 Å². The Morgan fingerprint density at radius 3 is 2.03 bits per heavy atom. The topological polar surface area (TPSA) is 98.7 Å². The van der Waals surface area contributed by atoms with E-state index in [1.54, 1.807) is 12.1 Å². The fraction of sp³-hybridized carbons (Fsp3) is 0.250. The maximum absolute atomic E-state index is 12.2. The summed E-state index contributed by atoms with van der Waals surface area (Å²) in [5, 5.41) is 11.9. The average Bonchev–Trinajstić information content (AvgIpc) is 3.31. The lowest BCUT2D eigenvalue weighted by Gasteiger charge is -2.22. The van der Waals surface area contributed by atoms with Gasteiger partial charge in [0, 0.05) is 42.9 Å². The Kier molecular flexibility index (Phi) is 8.81. The van der Waals surface area contributed by atoms with Crippen molar-refractivity contribution in [3.8, 4) is 0 Å². The fourth-order valence-electron chi connectivity index (χ4n) is 3.37. The number of carboxylic acid groups (broad SMARTS) is 1. The number of benzene rings is 1. The van der Waals surface area contributed by atoms with Gasteiger partial charge < -0.3 is 20.2 Å². The highest BCUT2D eigenvalue weighted by atomic mass is 35.5. The smallest absolute Gasteiger partial charge is 0.337 e. The molecular weight excluding hydrogens is 477 g/mol. The number of aromatic nitrogens is 2. The molecule has 2 aromatic heterocycles. The minimum atomic E-state index is -0.996. The molecule has 0 saturated carbocycles. The number of carbonyl (C=O) groups excluding carboxylic acids is 1. The molecule has 1 amide bonds. The van der Waals surface area contributed by atoms with Crippen LogP contribution < -0.4 is 10.2 Å². The number of aromatic carboxylic acids is 1. The summed E-state index contributed by atoms with van der Waals surface area (Å²) in [6.07, 6.45) is 3.86. The molecule has 34 heavy (non-hydrogen) atoms. The highest BCUT2D eigenvalue weighted by molar-refractivity contribution is 6.29. The predicted octanol–water partition coefficient (Wildman–Crippen LogP) is 4.56. The van der Waals surface area contributed by atoms with Crippen LogP contribution in [-0.4, -0.2) is 65.1 Å². The number of amides is 1. The number of nitrogens with one attached hydrogen (secondary N) is 1. The third kappa shape index (κ3) is 7.15. The van der Waals surface area contributed by atoms with Gasteiger partial charge in [0.1, 0.15) is 10.3 Å². The van der Waals surface area contributed by atoms with Gasteiger partial charge in [0.2, 0.25) is 0 Å². The zero-order chi connectivity index (χ0) is 24.7. The van der Waals surface area contributed by atoms with Crippen molar-refractivity contribution in [2.75, 3.05) is 37.4 Å². The molecular formula is C24H25Cl2N5O3. The summed E-state index contributed by atoms with van der Waals surface area (Å²) in [6, 6.07) is 14.7. The van der Waals surface area contributed by atoms with Gasteiger partial charge in [-0.05, 0) is 69.0 Å². The number of hydrogen-bond acceptors (Lipinski definition) is 6. The van der Waals surface area contributed by atoms with Gasteiger partial charge in [-0.2, -0.15) is 0 Å². The molecule has 1 unspecified atom stereocenters. The van der Waals surface area contributed by atoms with Crippen LogP contribution in [-0.2, 0) is 0 Å². The lowest BCUT2D eigenvalue weighted by atomic mass is 10.2. The lowest BCUT2D eigenvalue weighted by molar-refractivity contribution is 0.0696. The van der Waals surface area contributed by atoms with Crippen LogP contribution in [0.25, 0.3) is 0 Å². The third-order valence-electron chi connectivity index (χ3n) is 5.35. The molecule has 1 atom stereocenters. The molecule has 0 spiro atoms. The summed E-state index contributed by atoms with van der Waals surface area (Å²) in [6.45, 7) is 2.10. The molecule has 1 fully saturated rings. The quantitative estimate of drug-likeness (QED) is 0.494. The first-order valence-electron chi connectivity index (χ1n) is 10.5. The van der Waals surface area contributed by atoms with Crippen LogP contribution in [0.4, 0.5) is 11.4 Å². The molecule has 1 saturated heterocycles. The normalized spacial score (nSPS) is 15.0. The van der Waals surface area contributed by atoms with Crippen molar-refractivity contribution < 1.29 is 14.7 Å². The van der Waals surface area contributed by atoms with Crippen LogP contribution in [0.5, 0.6) is 0 Å². The number of halogens is 2. The Balaban J connectivity index is 0.000000271. The number of rotatable bonds is 5. The second-order valence-electron chi connectivity index (χ2n) is 7.90. The Morgan fingerprint density at radius 1 is 0.971 bits per heavy atom. The van der Waals surface area contributed by atoms with Crippen LogP contribution in [0, 0.1) is 0 Å². The van der Waals surface area contributed by atoms with Gasteiger partial charge in [-0.3, -0.25) is 4.79 Å². The number of nitrogens with zero attached hydrogens (tertiary/aromatic N) is 4. The Morgan fingerprint density at radius 2 is 1.56 bits per heavy atom. The third-order valence-corrected chi connectivity index (χ3v) is 5.80. The van der Waals surface area contributed by atoms with Crippen molar-refractivity contribution >= 4 is 46.5 Å². The number of hydrogen-bond donors (Lipinski definition) is 2. The minimum absolute atomic E-state index is 0.143. The molecule has 8 nitrogen and oxygen atoms in total. The largest absolute Gasteiger partial charge is 0.478 e. The van der Waals surface area contributed by atoms with E-state index >= 15 is 0 Å². The lowest BCUT2D eigenvalue weighted by Crippen LogP contribution is -2.31. The van der Waals surface area contributed by atoms with Crippen molar-refractivity contribution in [3.63, 3.8) is 0 Å². The predicted molar refractivity (Wildman–Crippen MR) is 134 cm³/mol. The highest BCUT2D eigenvalue weighted by Crippen LogP contribution is 2.24. The summed E-state index contributed by atoms with van der Waals surface area (Å²) >= 11 is 11.1. The molecule has 0 aliphatic carbocycles.